The molecule has 2 heterocycles. The number of aryl methyl sites for hydroxylation is 1. The van der Waals surface area contributed by atoms with Gasteiger partial charge in [-0.3, -0.25) is 14.4 Å². The molecule has 0 fully saturated rings. The number of nitrogens with zero attached hydrogens (tertiary/aromatic N) is 3. The number of aldehydes is 1. The van der Waals surface area contributed by atoms with Gasteiger partial charge in [0.2, 0.25) is 0 Å². The quantitative estimate of drug-likeness (QED) is 0.557. The highest BCUT2D eigenvalue weighted by Gasteiger charge is 2.23. The van der Waals surface area contributed by atoms with Crippen LogP contribution in [0.4, 0.5) is 0 Å². The molecule has 0 saturated heterocycles. The highest BCUT2D eigenvalue weighted by molar-refractivity contribution is 5.75. The number of hydrogen-bond donors (Lipinski definition) is 0. The third-order valence-corrected chi connectivity index (χ3v) is 2.24. The third-order valence-electron chi connectivity index (χ3n) is 2.24. The second-order valence-corrected chi connectivity index (χ2v) is 3.22. The van der Waals surface area contributed by atoms with Crippen LogP contribution >= 0.6 is 0 Å². The molecule has 0 saturated carbocycles. The lowest BCUT2D eigenvalue weighted by Gasteiger charge is -2.05. The molecule has 4 heteroatoms. The summed E-state index contributed by atoms with van der Waals surface area (Å²) >= 11 is 0. The van der Waals surface area contributed by atoms with Gasteiger partial charge in [-0.05, 0) is 7.05 Å². The van der Waals surface area contributed by atoms with Gasteiger partial charge in [-0.1, -0.05) is 0 Å². The fourth-order valence-corrected chi connectivity index (χ4v) is 1.67. The molecule has 0 N–H and O–H groups in total. The maximum absolute atomic E-state index is 10.7. The summed E-state index contributed by atoms with van der Waals surface area (Å²) in [7, 11) is 3.83. The van der Waals surface area contributed by atoms with Crippen molar-refractivity contribution in [2.24, 2.45) is 7.05 Å². The van der Waals surface area contributed by atoms with Crippen molar-refractivity contribution in [3.63, 3.8) is 0 Å². The molecule has 1 aliphatic heterocycles. The maximum Gasteiger partial charge on any atom is 0.168 e. The lowest BCUT2D eigenvalue weighted by molar-refractivity contribution is 0.111. The minimum Gasteiger partial charge on any atom is -0.296 e. The molecule has 0 aromatic carbocycles. The molecule has 0 atom stereocenters. The average molecular weight is 165 g/mol. The highest BCUT2D eigenvalue weighted by Crippen LogP contribution is 2.22. The third kappa shape index (κ3) is 0.881. The molecule has 1 aromatic rings. The zero-order valence-electron chi connectivity index (χ0n) is 7.24. The number of carbonyl (C=O) groups is 1. The van der Waals surface area contributed by atoms with E-state index >= 15 is 0 Å². The summed E-state index contributed by atoms with van der Waals surface area (Å²) in [5.74, 6) is 0. The number of carbonyl (C=O) groups excluding carboxylic acids is 1. The molecule has 0 aliphatic carbocycles. The van der Waals surface area contributed by atoms with E-state index in [-0.39, 0.29) is 0 Å². The maximum atomic E-state index is 10.7. The summed E-state index contributed by atoms with van der Waals surface area (Å²) in [4.78, 5) is 12.8. The van der Waals surface area contributed by atoms with E-state index in [1.807, 2.05) is 14.1 Å². The minimum absolute atomic E-state index is 0.717. The largest absolute Gasteiger partial charge is 0.296 e. The molecular weight excluding hydrogens is 154 g/mol. The fraction of sp³-hybridized carbons (Fsp3) is 0.500. The zero-order chi connectivity index (χ0) is 8.72. The first kappa shape index (κ1) is 7.49. The lowest BCUT2D eigenvalue weighted by atomic mass is 10.2. The molecule has 0 spiro atoms. The van der Waals surface area contributed by atoms with Crippen LogP contribution < -0.4 is 0 Å². The second-order valence-electron chi connectivity index (χ2n) is 3.22. The van der Waals surface area contributed by atoms with Crippen LogP contribution in [0.2, 0.25) is 0 Å². The van der Waals surface area contributed by atoms with E-state index in [1.165, 1.54) is 0 Å². The van der Waals surface area contributed by atoms with E-state index in [0.717, 1.165) is 30.6 Å². The van der Waals surface area contributed by atoms with Crippen LogP contribution in [0.15, 0.2) is 0 Å². The summed E-state index contributed by atoms with van der Waals surface area (Å²) < 4.78 is 1.66. The van der Waals surface area contributed by atoms with Crippen LogP contribution in [0.25, 0.3) is 0 Å². The van der Waals surface area contributed by atoms with E-state index in [2.05, 4.69) is 10.00 Å². The van der Waals surface area contributed by atoms with Crippen molar-refractivity contribution in [3.8, 4) is 0 Å². The van der Waals surface area contributed by atoms with Crippen LogP contribution in [0.1, 0.15) is 21.7 Å². The first-order valence-electron chi connectivity index (χ1n) is 3.91. The molecule has 0 unspecified atom stereocenters. The zero-order valence-corrected chi connectivity index (χ0v) is 7.24. The van der Waals surface area contributed by atoms with E-state index in [0.29, 0.717) is 5.69 Å². The Bertz CT molecular complexity index is 329. The van der Waals surface area contributed by atoms with Gasteiger partial charge in [-0.2, -0.15) is 5.10 Å². The van der Waals surface area contributed by atoms with E-state index < -0.39 is 0 Å². The van der Waals surface area contributed by atoms with Gasteiger partial charge >= 0.3 is 0 Å². The molecule has 0 bridgehead atoms. The average Bonchev–Trinajstić information content (AvgIpc) is 2.43. The molecule has 4 nitrogen and oxygen atoms in total. The van der Waals surface area contributed by atoms with Crippen LogP contribution in [0.5, 0.6) is 0 Å². The van der Waals surface area contributed by atoms with Gasteiger partial charge in [-0.15, -0.1) is 0 Å². The Labute approximate surface area is 70.8 Å². The van der Waals surface area contributed by atoms with E-state index in [1.54, 1.807) is 4.68 Å². The van der Waals surface area contributed by atoms with Crippen LogP contribution in [0, 0.1) is 0 Å². The Kier molecular flexibility index (Phi) is 1.51. The molecule has 2 rings (SSSR count). The first-order chi connectivity index (χ1) is 5.72. The summed E-state index contributed by atoms with van der Waals surface area (Å²) in [6, 6.07) is 0. The summed E-state index contributed by atoms with van der Waals surface area (Å²) in [5.41, 5.74) is 2.85. The normalized spacial score (nSPS) is 16.5. The van der Waals surface area contributed by atoms with Crippen molar-refractivity contribution in [2.45, 2.75) is 13.1 Å². The number of aromatic nitrogens is 2. The van der Waals surface area contributed by atoms with Crippen molar-refractivity contribution in [2.75, 3.05) is 7.05 Å². The van der Waals surface area contributed by atoms with Gasteiger partial charge in [-0.25, -0.2) is 0 Å². The topological polar surface area (TPSA) is 38.1 Å². The molecular formula is C8H11N3O. The van der Waals surface area contributed by atoms with Crippen LogP contribution in [-0.2, 0) is 20.1 Å². The van der Waals surface area contributed by atoms with Gasteiger partial charge in [0.1, 0.15) is 5.69 Å². The van der Waals surface area contributed by atoms with Gasteiger partial charge in [0.25, 0.3) is 0 Å². The standard InChI is InChI=1S/C8H11N3O/c1-10-3-6-7(4-10)9-11(2)8(6)5-12/h5H,3-4H2,1-2H3. The van der Waals surface area contributed by atoms with E-state index in [9.17, 15) is 4.79 Å². The lowest BCUT2D eigenvalue weighted by Crippen LogP contribution is -2.11. The number of hydrogen-bond acceptors (Lipinski definition) is 3. The Balaban J connectivity index is 2.51. The van der Waals surface area contributed by atoms with Gasteiger partial charge in [0.05, 0.1) is 5.69 Å². The summed E-state index contributed by atoms with van der Waals surface area (Å²) in [5, 5.41) is 4.26. The minimum atomic E-state index is 0.717. The predicted octanol–water partition coefficient (Wildman–Crippen LogP) is 0.178. The second kappa shape index (κ2) is 2.42. The van der Waals surface area contributed by atoms with Gasteiger partial charge in [0, 0.05) is 25.7 Å². The monoisotopic (exact) mass is 165 g/mol. The summed E-state index contributed by atoms with van der Waals surface area (Å²) in [6.07, 6.45) is 0.880. The van der Waals surface area contributed by atoms with Crippen molar-refractivity contribution >= 4 is 6.29 Å². The Morgan fingerprint density at radius 3 is 2.83 bits per heavy atom. The molecule has 0 amide bonds. The Morgan fingerprint density at radius 1 is 1.42 bits per heavy atom. The smallest absolute Gasteiger partial charge is 0.168 e. The van der Waals surface area contributed by atoms with Crippen molar-refractivity contribution in [1.29, 1.82) is 0 Å². The highest BCUT2D eigenvalue weighted by atomic mass is 16.1. The molecule has 12 heavy (non-hydrogen) atoms. The van der Waals surface area contributed by atoms with Crippen molar-refractivity contribution in [1.82, 2.24) is 14.7 Å². The fourth-order valence-electron chi connectivity index (χ4n) is 1.67. The Hall–Kier alpha value is -1.16. The number of fused-ring (bicyclic) bond motifs is 1. The van der Waals surface area contributed by atoms with E-state index in [4.69, 9.17) is 0 Å². The molecule has 0 radical (unpaired) electrons. The van der Waals surface area contributed by atoms with Crippen LogP contribution in [-0.4, -0.2) is 28.0 Å². The molecule has 1 aliphatic rings. The van der Waals surface area contributed by atoms with Crippen LogP contribution in [0.3, 0.4) is 0 Å². The number of rotatable bonds is 1. The van der Waals surface area contributed by atoms with Crippen molar-refractivity contribution in [3.05, 3.63) is 17.0 Å². The predicted molar refractivity (Wildman–Crippen MR) is 43.8 cm³/mol. The Morgan fingerprint density at radius 2 is 2.17 bits per heavy atom. The van der Waals surface area contributed by atoms with Gasteiger partial charge in [0.15, 0.2) is 6.29 Å². The first-order valence-corrected chi connectivity index (χ1v) is 3.91. The van der Waals surface area contributed by atoms with Gasteiger partial charge < -0.3 is 0 Å². The SMILES string of the molecule is CN1Cc2nn(C)c(C=O)c2C1. The molecule has 64 valence electrons. The van der Waals surface area contributed by atoms with Crippen molar-refractivity contribution < 1.29 is 4.79 Å². The summed E-state index contributed by atoms with van der Waals surface area (Å²) in [6.45, 7) is 1.70. The molecule has 1 aromatic heterocycles.